The zero-order valence-electron chi connectivity index (χ0n) is 12.5. The second-order valence-electron chi connectivity index (χ2n) is 5.01. The molecule has 1 aromatic heterocycles. The monoisotopic (exact) mass is 268 g/mol. The van der Waals surface area contributed by atoms with Crippen LogP contribution < -0.4 is 16.0 Å². The molecule has 1 aromatic rings. The summed E-state index contributed by atoms with van der Waals surface area (Å²) in [5.74, 6) is 6.39. The molecule has 0 spiro atoms. The summed E-state index contributed by atoms with van der Waals surface area (Å²) >= 11 is 0. The van der Waals surface area contributed by atoms with Crippen LogP contribution in [0.15, 0.2) is 6.07 Å². The molecule has 0 fully saturated rings. The van der Waals surface area contributed by atoms with E-state index in [0.717, 1.165) is 18.0 Å². The fraction of sp³-hybridized carbons (Fsp3) is 0.786. The fourth-order valence-corrected chi connectivity index (χ4v) is 2.28. The molecule has 0 saturated heterocycles. The Morgan fingerprint density at radius 3 is 2.58 bits per heavy atom. The molecule has 0 aliphatic carbocycles. The molecule has 0 bridgehead atoms. The number of nitrogens with one attached hydrogen (secondary N) is 1. The molecule has 1 unspecified atom stereocenters. The van der Waals surface area contributed by atoms with Gasteiger partial charge in [-0.25, -0.2) is 4.68 Å². The second-order valence-corrected chi connectivity index (χ2v) is 5.01. The maximum Gasteiger partial charge on any atom is 0.211 e. The lowest BCUT2D eigenvalue weighted by molar-refractivity contribution is 0.373. The number of hydrogen-bond acceptors (Lipinski definition) is 4. The first-order valence-corrected chi connectivity index (χ1v) is 7.27. The highest BCUT2D eigenvalue weighted by Gasteiger charge is 2.15. The van der Waals surface area contributed by atoms with Crippen molar-refractivity contribution in [2.75, 3.05) is 7.11 Å². The molecule has 19 heavy (non-hydrogen) atoms. The van der Waals surface area contributed by atoms with Crippen LogP contribution in [-0.4, -0.2) is 16.9 Å². The molecule has 1 atom stereocenters. The Bertz CT molecular complexity index is 351. The Morgan fingerprint density at radius 1 is 1.32 bits per heavy atom. The normalized spacial score (nSPS) is 12.6. The van der Waals surface area contributed by atoms with Crippen molar-refractivity contribution < 1.29 is 4.74 Å². The lowest BCUT2D eigenvalue weighted by Crippen LogP contribution is -2.28. The minimum absolute atomic E-state index is 0.112. The molecule has 0 aliphatic rings. The summed E-state index contributed by atoms with van der Waals surface area (Å²) in [5.41, 5.74) is 3.81. The van der Waals surface area contributed by atoms with Gasteiger partial charge in [0.25, 0.3) is 0 Å². The van der Waals surface area contributed by atoms with Gasteiger partial charge in [0, 0.05) is 13.1 Å². The minimum atomic E-state index is 0.112. The summed E-state index contributed by atoms with van der Waals surface area (Å²) in [7, 11) is 3.53. The van der Waals surface area contributed by atoms with E-state index in [-0.39, 0.29) is 6.04 Å². The standard InChI is InChI=1S/C14H28N4O/c1-4-5-6-7-8-9-10-12(16-15)13-11-14(19-3)18(2)17-13/h11-12,16H,4-10,15H2,1-3H3. The Balaban J connectivity index is 2.36. The maximum atomic E-state index is 5.63. The van der Waals surface area contributed by atoms with Gasteiger partial charge in [-0.15, -0.1) is 0 Å². The Hall–Kier alpha value is -1.07. The number of rotatable bonds is 10. The lowest BCUT2D eigenvalue weighted by atomic mass is 10.0. The summed E-state index contributed by atoms with van der Waals surface area (Å²) in [5, 5.41) is 4.43. The number of aromatic nitrogens is 2. The topological polar surface area (TPSA) is 65.1 Å². The van der Waals surface area contributed by atoms with Gasteiger partial charge in [0.1, 0.15) is 0 Å². The van der Waals surface area contributed by atoms with Gasteiger partial charge in [-0.3, -0.25) is 11.3 Å². The molecule has 110 valence electrons. The molecule has 1 rings (SSSR count). The van der Waals surface area contributed by atoms with E-state index < -0.39 is 0 Å². The van der Waals surface area contributed by atoms with Crippen LogP contribution in [0.3, 0.4) is 0 Å². The number of nitrogens with two attached hydrogens (primary N) is 1. The maximum absolute atomic E-state index is 5.63. The average molecular weight is 268 g/mol. The lowest BCUT2D eigenvalue weighted by Gasteiger charge is -2.12. The third kappa shape index (κ3) is 5.20. The van der Waals surface area contributed by atoms with Crippen molar-refractivity contribution in [3.63, 3.8) is 0 Å². The highest BCUT2D eigenvalue weighted by molar-refractivity contribution is 5.18. The van der Waals surface area contributed by atoms with Gasteiger partial charge in [0.05, 0.1) is 18.8 Å². The van der Waals surface area contributed by atoms with Crippen LogP contribution in [0, 0.1) is 0 Å². The van der Waals surface area contributed by atoms with Crippen molar-refractivity contribution in [2.45, 2.75) is 57.9 Å². The van der Waals surface area contributed by atoms with Crippen molar-refractivity contribution in [1.82, 2.24) is 15.2 Å². The molecule has 1 heterocycles. The quantitative estimate of drug-likeness (QED) is 0.389. The Morgan fingerprint density at radius 2 is 2.00 bits per heavy atom. The van der Waals surface area contributed by atoms with Crippen LogP contribution in [0.2, 0.25) is 0 Å². The molecular formula is C14H28N4O. The smallest absolute Gasteiger partial charge is 0.211 e. The van der Waals surface area contributed by atoms with Crippen molar-refractivity contribution in [2.24, 2.45) is 12.9 Å². The summed E-state index contributed by atoms with van der Waals surface area (Å²) in [6.45, 7) is 2.24. The number of unbranched alkanes of at least 4 members (excludes halogenated alkanes) is 5. The summed E-state index contributed by atoms with van der Waals surface area (Å²) in [6, 6.07) is 2.06. The average Bonchev–Trinajstić information content (AvgIpc) is 2.79. The van der Waals surface area contributed by atoms with E-state index in [1.807, 2.05) is 13.1 Å². The van der Waals surface area contributed by atoms with E-state index in [0.29, 0.717) is 0 Å². The van der Waals surface area contributed by atoms with Gasteiger partial charge < -0.3 is 4.74 Å². The largest absolute Gasteiger partial charge is 0.481 e. The molecule has 5 heteroatoms. The molecular weight excluding hydrogens is 240 g/mol. The molecule has 0 aliphatic heterocycles. The van der Waals surface area contributed by atoms with Gasteiger partial charge in [-0.1, -0.05) is 45.4 Å². The number of hydrogen-bond donors (Lipinski definition) is 2. The van der Waals surface area contributed by atoms with Crippen LogP contribution in [-0.2, 0) is 7.05 Å². The van der Waals surface area contributed by atoms with Gasteiger partial charge in [-0.05, 0) is 6.42 Å². The SMILES string of the molecule is CCCCCCCCC(NN)c1cc(OC)n(C)n1. The van der Waals surface area contributed by atoms with Crippen molar-refractivity contribution in [3.8, 4) is 5.88 Å². The zero-order chi connectivity index (χ0) is 14.1. The van der Waals surface area contributed by atoms with Gasteiger partial charge >= 0.3 is 0 Å². The number of nitrogens with zero attached hydrogens (tertiary/aromatic N) is 2. The van der Waals surface area contributed by atoms with E-state index in [9.17, 15) is 0 Å². The van der Waals surface area contributed by atoms with E-state index in [4.69, 9.17) is 10.6 Å². The van der Waals surface area contributed by atoms with E-state index >= 15 is 0 Å². The molecule has 5 nitrogen and oxygen atoms in total. The number of hydrazine groups is 1. The molecule has 0 aromatic carbocycles. The number of ether oxygens (including phenoxy) is 1. The van der Waals surface area contributed by atoms with E-state index in [1.165, 1.54) is 38.5 Å². The van der Waals surface area contributed by atoms with Crippen LogP contribution in [0.1, 0.15) is 63.6 Å². The van der Waals surface area contributed by atoms with Crippen molar-refractivity contribution in [3.05, 3.63) is 11.8 Å². The molecule has 0 radical (unpaired) electrons. The summed E-state index contributed by atoms with van der Waals surface area (Å²) in [6.07, 6.45) is 8.75. The first kappa shape index (κ1) is 16.0. The molecule has 3 N–H and O–H groups in total. The predicted molar refractivity (Wildman–Crippen MR) is 77.8 cm³/mol. The van der Waals surface area contributed by atoms with Crippen LogP contribution >= 0.6 is 0 Å². The van der Waals surface area contributed by atoms with Crippen molar-refractivity contribution in [1.29, 1.82) is 0 Å². The third-order valence-corrected chi connectivity index (χ3v) is 3.47. The van der Waals surface area contributed by atoms with E-state index in [2.05, 4.69) is 17.4 Å². The number of aryl methyl sites for hydroxylation is 1. The minimum Gasteiger partial charge on any atom is -0.481 e. The van der Waals surface area contributed by atoms with Gasteiger partial charge in [-0.2, -0.15) is 5.10 Å². The highest BCUT2D eigenvalue weighted by Crippen LogP contribution is 2.22. The third-order valence-electron chi connectivity index (χ3n) is 3.47. The van der Waals surface area contributed by atoms with Gasteiger partial charge in [0.15, 0.2) is 0 Å². The fourth-order valence-electron chi connectivity index (χ4n) is 2.28. The van der Waals surface area contributed by atoms with Crippen molar-refractivity contribution >= 4 is 0 Å². The molecule has 0 amide bonds. The summed E-state index contributed by atoms with van der Waals surface area (Å²) in [4.78, 5) is 0. The van der Waals surface area contributed by atoms with Crippen LogP contribution in [0.25, 0.3) is 0 Å². The first-order valence-electron chi connectivity index (χ1n) is 7.27. The van der Waals surface area contributed by atoms with Gasteiger partial charge in [0.2, 0.25) is 5.88 Å². The second kappa shape index (κ2) is 8.93. The van der Waals surface area contributed by atoms with Crippen LogP contribution in [0.4, 0.5) is 0 Å². The highest BCUT2D eigenvalue weighted by atomic mass is 16.5. The predicted octanol–water partition coefficient (Wildman–Crippen LogP) is 2.68. The number of methoxy groups -OCH3 is 1. The summed E-state index contributed by atoms with van der Waals surface area (Å²) < 4.78 is 6.96. The van der Waals surface area contributed by atoms with E-state index in [1.54, 1.807) is 11.8 Å². The zero-order valence-corrected chi connectivity index (χ0v) is 12.5. The van der Waals surface area contributed by atoms with Crippen LogP contribution in [0.5, 0.6) is 5.88 Å². The Kier molecular flexibility index (Phi) is 7.52. The molecule has 0 saturated carbocycles. The Labute approximate surface area is 116 Å². The first-order chi connectivity index (χ1) is 9.22.